The Balaban J connectivity index is 1.76. The Hall–Kier alpha value is -2.11. The molecule has 6 heteroatoms. The first-order valence-electron chi connectivity index (χ1n) is 7.54. The molecule has 5 nitrogen and oxygen atoms in total. The van der Waals surface area contributed by atoms with Gasteiger partial charge in [0.25, 0.3) is 5.91 Å². The third-order valence-electron chi connectivity index (χ3n) is 3.61. The van der Waals surface area contributed by atoms with Crippen molar-refractivity contribution in [2.75, 3.05) is 32.8 Å². The Bertz CT molecular complexity index is 528. The zero-order chi connectivity index (χ0) is 15.9. The minimum absolute atomic E-state index is 0.119. The largest absolute Gasteiger partial charge is 0.484 e. The van der Waals surface area contributed by atoms with E-state index in [4.69, 9.17) is 4.74 Å². The molecule has 1 saturated heterocycles. The second kappa shape index (κ2) is 7.77. The van der Waals surface area contributed by atoms with E-state index in [0.717, 1.165) is 6.42 Å². The Morgan fingerprint density at radius 1 is 1.14 bits per heavy atom. The molecule has 0 unspecified atom stereocenters. The second-order valence-corrected chi connectivity index (χ2v) is 5.26. The summed E-state index contributed by atoms with van der Waals surface area (Å²) < 4.78 is 18.3. The lowest BCUT2D eigenvalue weighted by molar-refractivity contribution is -0.140. The number of hydrogen-bond acceptors (Lipinski definition) is 3. The maximum atomic E-state index is 13.0. The summed E-state index contributed by atoms with van der Waals surface area (Å²) in [5, 5.41) is 0. The van der Waals surface area contributed by atoms with Crippen molar-refractivity contribution in [3.05, 3.63) is 30.1 Å². The predicted octanol–water partition coefficient (Wildman–Crippen LogP) is 1.68. The van der Waals surface area contributed by atoms with Gasteiger partial charge in [0, 0.05) is 38.7 Å². The van der Waals surface area contributed by atoms with Gasteiger partial charge in [-0.3, -0.25) is 9.59 Å². The molecule has 1 aromatic carbocycles. The average molecular weight is 308 g/mol. The van der Waals surface area contributed by atoms with Crippen molar-refractivity contribution in [2.24, 2.45) is 0 Å². The molecule has 0 atom stereocenters. The summed E-state index contributed by atoms with van der Waals surface area (Å²) in [4.78, 5) is 27.3. The minimum Gasteiger partial charge on any atom is -0.484 e. The van der Waals surface area contributed by atoms with Gasteiger partial charge in [-0.25, -0.2) is 4.39 Å². The Kier molecular flexibility index (Phi) is 5.75. The lowest BCUT2D eigenvalue weighted by atomic mass is 10.2. The van der Waals surface area contributed by atoms with E-state index in [9.17, 15) is 14.0 Å². The fourth-order valence-electron chi connectivity index (χ4n) is 2.37. The van der Waals surface area contributed by atoms with Gasteiger partial charge in [0.05, 0.1) is 0 Å². The van der Waals surface area contributed by atoms with Crippen LogP contribution in [0, 0.1) is 5.82 Å². The first-order valence-corrected chi connectivity index (χ1v) is 7.54. The number of carbonyl (C=O) groups excluding carboxylic acids is 2. The summed E-state index contributed by atoms with van der Waals surface area (Å²) in [6, 6.07) is 5.71. The summed E-state index contributed by atoms with van der Waals surface area (Å²) >= 11 is 0. The first-order chi connectivity index (χ1) is 10.6. The van der Waals surface area contributed by atoms with E-state index in [1.54, 1.807) is 15.9 Å². The van der Waals surface area contributed by atoms with Crippen LogP contribution in [0.15, 0.2) is 24.3 Å². The van der Waals surface area contributed by atoms with Crippen LogP contribution < -0.4 is 4.74 Å². The third kappa shape index (κ3) is 4.44. The summed E-state index contributed by atoms with van der Waals surface area (Å²) in [6.45, 7) is 4.00. The number of nitrogens with zero attached hydrogens (tertiary/aromatic N) is 2. The molecule has 2 rings (SSSR count). The van der Waals surface area contributed by atoms with E-state index < -0.39 is 5.82 Å². The molecular weight excluding hydrogens is 287 g/mol. The zero-order valence-electron chi connectivity index (χ0n) is 12.8. The van der Waals surface area contributed by atoms with Gasteiger partial charge >= 0.3 is 0 Å². The topological polar surface area (TPSA) is 49.9 Å². The number of benzene rings is 1. The van der Waals surface area contributed by atoms with Crippen molar-refractivity contribution < 1.29 is 18.7 Å². The smallest absolute Gasteiger partial charge is 0.260 e. The van der Waals surface area contributed by atoms with E-state index in [1.807, 2.05) is 6.92 Å². The van der Waals surface area contributed by atoms with Crippen LogP contribution in [-0.4, -0.2) is 54.4 Å². The average Bonchev–Trinajstić information content (AvgIpc) is 2.53. The number of amides is 2. The van der Waals surface area contributed by atoms with Gasteiger partial charge < -0.3 is 14.5 Å². The number of halogens is 1. The van der Waals surface area contributed by atoms with Gasteiger partial charge in [0.2, 0.25) is 5.91 Å². The predicted molar refractivity (Wildman–Crippen MR) is 80.0 cm³/mol. The molecule has 1 aliphatic rings. The van der Waals surface area contributed by atoms with Crippen molar-refractivity contribution in [2.45, 2.75) is 19.8 Å². The van der Waals surface area contributed by atoms with Gasteiger partial charge in [-0.2, -0.15) is 0 Å². The number of rotatable bonds is 5. The number of hydrogen-bond donors (Lipinski definition) is 0. The molecule has 22 heavy (non-hydrogen) atoms. The summed E-state index contributed by atoms with van der Waals surface area (Å²) in [7, 11) is 0. The number of ether oxygens (including phenoxy) is 1. The highest BCUT2D eigenvalue weighted by atomic mass is 19.1. The van der Waals surface area contributed by atoms with Gasteiger partial charge in [0.15, 0.2) is 6.61 Å². The SMILES string of the molecule is CCCC(=O)N1CCN(C(=O)COc2cccc(F)c2)CC1. The van der Waals surface area contributed by atoms with E-state index in [0.29, 0.717) is 38.3 Å². The van der Waals surface area contributed by atoms with Crippen molar-refractivity contribution in [1.29, 1.82) is 0 Å². The van der Waals surface area contributed by atoms with E-state index in [2.05, 4.69) is 0 Å². The standard InChI is InChI=1S/C16H21FN2O3/c1-2-4-15(20)18-7-9-19(10-8-18)16(21)12-22-14-6-3-5-13(17)11-14/h3,5-6,11H,2,4,7-10,12H2,1H3. The highest BCUT2D eigenvalue weighted by Gasteiger charge is 2.23. The van der Waals surface area contributed by atoms with E-state index in [1.165, 1.54) is 18.2 Å². The molecular formula is C16H21FN2O3. The molecule has 0 aromatic heterocycles. The molecule has 1 heterocycles. The van der Waals surface area contributed by atoms with Crippen LogP contribution in [0.25, 0.3) is 0 Å². The molecule has 0 radical (unpaired) electrons. The van der Waals surface area contributed by atoms with Gasteiger partial charge in [-0.1, -0.05) is 13.0 Å². The van der Waals surface area contributed by atoms with Crippen molar-refractivity contribution >= 4 is 11.8 Å². The van der Waals surface area contributed by atoms with Crippen molar-refractivity contribution in [3.8, 4) is 5.75 Å². The summed E-state index contributed by atoms with van der Waals surface area (Å²) in [6.07, 6.45) is 1.39. The fraction of sp³-hybridized carbons (Fsp3) is 0.500. The quantitative estimate of drug-likeness (QED) is 0.831. The molecule has 1 aromatic rings. The first kappa shape index (κ1) is 16.3. The second-order valence-electron chi connectivity index (χ2n) is 5.26. The molecule has 0 bridgehead atoms. The molecule has 1 aliphatic heterocycles. The lowest BCUT2D eigenvalue weighted by Gasteiger charge is -2.34. The minimum atomic E-state index is -0.395. The summed E-state index contributed by atoms with van der Waals surface area (Å²) in [5.74, 6) is -0.0597. The van der Waals surface area contributed by atoms with E-state index in [-0.39, 0.29) is 18.4 Å². The molecule has 0 spiro atoms. The Morgan fingerprint density at radius 2 is 1.77 bits per heavy atom. The van der Waals surface area contributed by atoms with Crippen LogP contribution in [0.1, 0.15) is 19.8 Å². The van der Waals surface area contributed by atoms with Crippen LogP contribution in [0.5, 0.6) is 5.75 Å². The van der Waals surface area contributed by atoms with Gasteiger partial charge in [-0.05, 0) is 18.6 Å². The Morgan fingerprint density at radius 3 is 2.36 bits per heavy atom. The molecule has 1 fully saturated rings. The third-order valence-corrected chi connectivity index (χ3v) is 3.61. The zero-order valence-corrected chi connectivity index (χ0v) is 12.8. The molecule has 2 amide bonds. The fourth-order valence-corrected chi connectivity index (χ4v) is 2.37. The van der Waals surface area contributed by atoms with Crippen LogP contribution >= 0.6 is 0 Å². The maximum absolute atomic E-state index is 13.0. The van der Waals surface area contributed by atoms with Crippen LogP contribution in [0.2, 0.25) is 0 Å². The van der Waals surface area contributed by atoms with E-state index >= 15 is 0 Å². The molecule has 0 aliphatic carbocycles. The van der Waals surface area contributed by atoms with Gasteiger partial charge in [0.1, 0.15) is 11.6 Å². The highest BCUT2D eigenvalue weighted by molar-refractivity contribution is 5.79. The number of piperazine rings is 1. The monoisotopic (exact) mass is 308 g/mol. The van der Waals surface area contributed by atoms with Crippen molar-refractivity contribution in [3.63, 3.8) is 0 Å². The van der Waals surface area contributed by atoms with Crippen LogP contribution in [0.4, 0.5) is 4.39 Å². The number of carbonyl (C=O) groups is 2. The molecule has 0 saturated carbocycles. The molecule has 120 valence electrons. The van der Waals surface area contributed by atoms with Crippen LogP contribution in [-0.2, 0) is 9.59 Å². The highest BCUT2D eigenvalue weighted by Crippen LogP contribution is 2.12. The normalized spacial score (nSPS) is 14.8. The lowest BCUT2D eigenvalue weighted by Crippen LogP contribution is -2.51. The summed E-state index contributed by atoms with van der Waals surface area (Å²) in [5.41, 5.74) is 0. The van der Waals surface area contributed by atoms with Gasteiger partial charge in [-0.15, -0.1) is 0 Å². The van der Waals surface area contributed by atoms with Crippen molar-refractivity contribution in [1.82, 2.24) is 9.80 Å². The Labute approximate surface area is 129 Å². The molecule has 0 N–H and O–H groups in total. The van der Waals surface area contributed by atoms with Crippen LogP contribution in [0.3, 0.4) is 0 Å². The maximum Gasteiger partial charge on any atom is 0.260 e.